The molecular formula is C21H24N8O2. The molecule has 1 aliphatic carbocycles. The molecule has 0 amide bonds. The minimum absolute atomic E-state index is 0.00714. The van der Waals surface area contributed by atoms with Crippen molar-refractivity contribution in [1.29, 1.82) is 15.9 Å². The van der Waals surface area contributed by atoms with Gasteiger partial charge in [0.05, 0.1) is 17.8 Å². The van der Waals surface area contributed by atoms with Crippen LogP contribution in [0.25, 0.3) is 0 Å². The van der Waals surface area contributed by atoms with Crippen LogP contribution < -0.4 is 10.9 Å². The summed E-state index contributed by atoms with van der Waals surface area (Å²) in [6.07, 6.45) is 6.70. The van der Waals surface area contributed by atoms with Crippen molar-refractivity contribution >= 4 is 11.5 Å². The first-order valence-corrected chi connectivity index (χ1v) is 10.4. The van der Waals surface area contributed by atoms with Crippen LogP contribution >= 0.6 is 0 Å². The first kappa shape index (κ1) is 20.8. The summed E-state index contributed by atoms with van der Waals surface area (Å²) in [6, 6.07) is 3.83. The van der Waals surface area contributed by atoms with Crippen molar-refractivity contribution < 1.29 is 4.74 Å². The van der Waals surface area contributed by atoms with E-state index in [2.05, 4.69) is 26.5 Å². The second-order valence-corrected chi connectivity index (χ2v) is 8.12. The van der Waals surface area contributed by atoms with Crippen molar-refractivity contribution in [2.45, 2.75) is 50.6 Å². The standard InChI is InChI=1S/C21H24N8O2/c1-12(14-4-6-31-7-5-14)26-20-18(16(24)9-23)21(30)28-19(27-20)15-2-3-17(15)29-11-13(8-22)10-25-29/h10-12,14-15,17,24H,2-7H2,1H3,(H2,26,27,28,30). The van der Waals surface area contributed by atoms with E-state index in [1.165, 1.54) is 6.20 Å². The normalized spacial score (nSPS) is 22.0. The van der Waals surface area contributed by atoms with Crippen molar-refractivity contribution in [3.63, 3.8) is 0 Å². The molecule has 0 bridgehead atoms. The van der Waals surface area contributed by atoms with Crippen molar-refractivity contribution in [3.8, 4) is 12.1 Å². The summed E-state index contributed by atoms with van der Waals surface area (Å²) in [5.41, 5.74) is -0.468. The average molecular weight is 420 g/mol. The molecule has 2 fully saturated rings. The highest BCUT2D eigenvalue weighted by atomic mass is 16.5. The molecule has 3 atom stereocenters. The van der Waals surface area contributed by atoms with Gasteiger partial charge in [-0.05, 0) is 38.5 Å². The number of rotatable bonds is 6. The highest BCUT2D eigenvalue weighted by Crippen LogP contribution is 2.44. The van der Waals surface area contributed by atoms with E-state index < -0.39 is 11.3 Å². The van der Waals surface area contributed by atoms with Crippen LogP contribution in [-0.2, 0) is 4.74 Å². The number of ether oxygens (including phenoxy) is 1. The lowest BCUT2D eigenvalue weighted by Gasteiger charge is -2.36. The SMILES string of the molecule is CC(Nc1nc(C2CCC2n2cc(C#N)cn2)[nH]c(=O)c1C(=N)C#N)C1CCOCC1. The van der Waals surface area contributed by atoms with E-state index in [1.807, 2.05) is 6.92 Å². The molecule has 3 N–H and O–H groups in total. The van der Waals surface area contributed by atoms with Gasteiger partial charge in [0.15, 0.2) is 0 Å². The number of nitrogens with one attached hydrogen (secondary N) is 3. The Bertz CT molecular complexity index is 1120. The van der Waals surface area contributed by atoms with Crippen molar-refractivity contribution in [2.24, 2.45) is 5.92 Å². The maximum Gasteiger partial charge on any atom is 0.263 e. The number of hydrogen-bond acceptors (Lipinski definition) is 8. The summed E-state index contributed by atoms with van der Waals surface area (Å²) in [4.78, 5) is 20.3. The number of aromatic nitrogens is 4. The van der Waals surface area contributed by atoms with Crippen LogP contribution in [0.3, 0.4) is 0 Å². The number of hydrogen-bond donors (Lipinski definition) is 3. The Hall–Kier alpha value is -3.50. The van der Waals surface area contributed by atoms with Gasteiger partial charge in [0.2, 0.25) is 0 Å². The fraction of sp³-hybridized carbons (Fsp3) is 0.524. The first-order valence-electron chi connectivity index (χ1n) is 10.4. The minimum Gasteiger partial charge on any atom is -0.381 e. The van der Waals surface area contributed by atoms with E-state index in [0.717, 1.165) is 25.7 Å². The van der Waals surface area contributed by atoms with Gasteiger partial charge in [-0.15, -0.1) is 0 Å². The zero-order valence-corrected chi connectivity index (χ0v) is 17.3. The molecule has 3 heterocycles. The van der Waals surface area contributed by atoms with Gasteiger partial charge in [0.1, 0.15) is 35.1 Å². The van der Waals surface area contributed by atoms with E-state index in [9.17, 15) is 10.1 Å². The van der Waals surface area contributed by atoms with Gasteiger partial charge >= 0.3 is 0 Å². The van der Waals surface area contributed by atoms with Gasteiger partial charge in [0.25, 0.3) is 5.56 Å². The second-order valence-electron chi connectivity index (χ2n) is 8.12. The summed E-state index contributed by atoms with van der Waals surface area (Å²) in [5.74, 6) is 1.07. The Morgan fingerprint density at radius 2 is 2.13 bits per heavy atom. The van der Waals surface area contributed by atoms with Crippen LogP contribution in [0, 0.1) is 34.0 Å². The quantitative estimate of drug-likeness (QED) is 0.604. The predicted molar refractivity (Wildman–Crippen MR) is 112 cm³/mol. The van der Waals surface area contributed by atoms with Gasteiger partial charge in [0, 0.05) is 31.4 Å². The molecule has 2 aromatic heterocycles. The molecule has 3 unspecified atom stereocenters. The lowest BCUT2D eigenvalue weighted by molar-refractivity contribution is 0.0622. The smallest absolute Gasteiger partial charge is 0.263 e. The molecule has 1 saturated heterocycles. The monoisotopic (exact) mass is 420 g/mol. The fourth-order valence-corrected chi connectivity index (χ4v) is 4.30. The van der Waals surface area contributed by atoms with Gasteiger partial charge in [-0.25, -0.2) is 4.98 Å². The fourth-order valence-electron chi connectivity index (χ4n) is 4.30. The third kappa shape index (κ3) is 4.07. The van der Waals surface area contributed by atoms with E-state index in [0.29, 0.717) is 30.5 Å². The van der Waals surface area contributed by atoms with Crippen LogP contribution in [0.1, 0.15) is 61.5 Å². The molecule has 4 rings (SSSR count). The number of aromatic amines is 1. The molecule has 0 spiro atoms. The molecule has 1 aliphatic heterocycles. The molecular weight excluding hydrogens is 396 g/mol. The molecule has 1 saturated carbocycles. The Kier molecular flexibility index (Phi) is 5.83. The molecule has 10 nitrogen and oxygen atoms in total. The molecule has 160 valence electrons. The Balaban J connectivity index is 1.65. The molecule has 2 aliphatic rings. The van der Waals surface area contributed by atoms with Crippen LogP contribution in [0.15, 0.2) is 17.2 Å². The lowest BCUT2D eigenvalue weighted by atomic mass is 9.79. The van der Waals surface area contributed by atoms with Crippen LogP contribution in [0.4, 0.5) is 5.82 Å². The minimum atomic E-state index is -0.498. The number of nitriles is 2. The van der Waals surface area contributed by atoms with Gasteiger partial charge in [-0.1, -0.05) is 0 Å². The van der Waals surface area contributed by atoms with Crippen molar-refractivity contribution in [2.75, 3.05) is 18.5 Å². The van der Waals surface area contributed by atoms with E-state index >= 15 is 0 Å². The third-order valence-corrected chi connectivity index (χ3v) is 6.30. The van der Waals surface area contributed by atoms with Gasteiger partial charge in [-0.2, -0.15) is 15.6 Å². The van der Waals surface area contributed by atoms with E-state index in [-0.39, 0.29) is 29.4 Å². The maximum atomic E-state index is 12.8. The van der Waals surface area contributed by atoms with Gasteiger partial charge in [-0.3, -0.25) is 14.9 Å². The predicted octanol–water partition coefficient (Wildman–Crippen LogP) is 2.08. The topological polar surface area (TPSA) is 156 Å². The molecule has 2 aromatic rings. The highest BCUT2D eigenvalue weighted by molar-refractivity contribution is 6.12. The largest absolute Gasteiger partial charge is 0.381 e. The highest BCUT2D eigenvalue weighted by Gasteiger charge is 2.37. The van der Waals surface area contributed by atoms with E-state index in [1.54, 1.807) is 16.9 Å². The average Bonchev–Trinajstić information content (AvgIpc) is 3.21. The van der Waals surface area contributed by atoms with Crippen LogP contribution in [-0.4, -0.2) is 44.7 Å². The van der Waals surface area contributed by atoms with Crippen LogP contribution in [0.5, 0.6) is 0 Å². The Morgan fingerprint density at radius 1 is 1.35 bits per heavy atom. The second kappa shape index (κ2) is 8.70. The summed E-state index contributed by atoms with van der Waals surface area (Å²) < 4.78 is 7.18. The Morgan fingerprint density at radius 3 is 2.74 bits per heavy atom. The van der Waals surface area contributed by atoms with Crippen LogP contribution in [0.2, 0.25) is 0 Å². The third-order valence-electron chi connectivity index (χ3n) is 6.30. The Labute approximate surface area is 179 Å². The van der Waals surface area contributed by atoms with Gasteiger partial charge < -0.3 is 15.0 Å². The molecule has 0 radical (unpaired) electrons. The first-order chi connectivity index (χ1) is 15.0. The number of H-pyrrole nitrogens is 1. The number of anilines is 1. The zero-order valence-electron chi connectivity index (χ0n) is 17.3. The van der Waals surface area contributed by atoms with Crippen molar-refractivity contribution in [3.05, 3.63) is 39.7 Å². The molecule has 10 heteroatoms. The van der Waals surface area contributed by atoms with E-state index in [4.69, 9.17) is 15.4 Å². The molecule has 31 heavy (non-hydrogen) atoms. The summed E-state index contributed by atoms with van der Waals surface area (Å²) in [6.45, 7) is 3.42. The lowest BCUT2D eigenvalue weighted by Crippen LogP contribution is -2.35. The summed E-state index contributed by atoms with van der Waals surface area (Å²) >= 11 is 0. The zero-order chi connectivity index (χ0) is 22.0. The maximum absolute atomic E-state index is 12.8. The summed E-state index contributed by atoms with van der Waals surface area (Å²) in [7, 11) is 0. The molecule has 0 aromatic carbocycles. The summed E-state index contributed by atoms with van der Waals surface area (Å²) in [5, 5.41) is 33.8. The number of nitrogens with zero attached hydrogens (tertiary/aromatic N) is 5. The van der Waals surface area contributed by atoms with Crippen molar-refractivity contribution in [1.82, 2.24) is 19.7 Å².